The highest BCUT2D eigenvalue weighted by atomic mass is 35.5. The highest BCUT2D eigenvalue weighted by Crippen LogP contribution is 2.13. The van der Waals surface area contributed by atoms with Crippen molar-refractivity contribution in [1.29, 1.82) is 5.26 Å². The average Bonchev–Trinajstić information content (AvgIpc) is 2.09. The molecule has 0 atom stereocenters. The molecule has 0 saturated heterocycles. The smallest absolute Gasteiger partial charge is 0.140 e. The van der Waals surface area contributed by atoms with Gasteiger partial charge in [0.25, 0.3) is 0 Å². The Morgan fingerprint density at radius 1 is 1.46 bits per heavy atom. The molecular weight excluding hydrogens is 189 g/mol. The maximum absolute atomic E-state index is 13.0. The summed E-state index contributed by atoms with van der Waals surface area (Å²) in [7, 11) is 0. The van der Waals surface area contributed by atoms with Gasteiger partial charge in [-0.3, -0.25) is 0 Å². The van der Waals surface area contributed by atoms with Crippen LogP contribution in [0.3, 0.4) is 0 Å². The van der Waals surface area contributed by atoms with Crippen molar-refractivity contribution < 1.29 is 4.39 Å². The fourth-order valence-electron chi connectivity index (χ4n) is 0.770. The summed E-state index contributed by atoms with van der Waals surface area (Å²) in [6.45, 7) is 0. The molecule has 1 rings (SSSR count). The first-order chi connectivity index (χ1) is 6.24. The largest absolute Gasteiger partial charge is 0.206 e. The summed E-state index contributed by atoms with van der Waals surface area (Å²) in [6, 6.07) is 6.08. The van der Waals surface area contributed by atoms with Crippen LogP contribution >= 0.6 is 11.6 Å². The fraction of sp³-hybridized carbons (Fsp3) is 0.100. The lowest BCUT2D eigenvalue weighted by Crippen LogP contribution is -1.81. The van der Waals surface area contributed by atoms with E-state index >= 15 is 0 Å². The Balaban J connectivity index is 2.93. The lowest BCUT2D eigenvalue weighted by atomic mass is 10.2. The van der Waals surface area contributed by atoms with Crippen LogP contribution in [0.25, 0.3) is 0 Å². The topological polar surface area (TPSA) is 23.8 Å². The Kier molecular flexibility index (Phi) is 3.31. The zero-order valence-electron chi connectivity index (χ0n) is 6.64. The van der Waals surface area contributed by atoms with E-state index in [1.807, 2.05) is 6.07 Å². The van der Waals surface area contributed by atoms with Crippen LogP contribution in [0.15, 0.2) is 18.2 Å². The minimum absolute atomic E-state index is 0.0993. The lowest BCUT2D eigenvalue weighted by Gasteiger charge is -1.93. The van der Waals surface area contributed by atoms with E-state index in [4.69, 9.17) is 16.9 Å². The number of hydrogen-bond acceptors (Lipinski definition) is 1. The Hall–Kier alpha value is -1.51. The van der Waals surface area contributed by atoms with Gasteiger partial charge in [0, 0.05) is 5.02 Å². The van der Waals surface area contributed by atoms with E-state index in [9.17, 15) is 4.39 Å². The first kappa shape index (κ1) is 9.58. The zero-order chi connectivity index (χ0) is 9.68. The van der Waals surface area contributed by atoms with Gasteiger partial charge in [-0.15, -0.1) is 0 Å². The second-order valence-corrected chi connectivity index (χ2v) is 2.70. The molecule has 0 unspecified atom stereocenters. The third-order valence-corrected chi connectivity index (χ3v) is 1.56. The Morgan fingerprint density at radius 3 is 2.85 bits per heavy atom. The number of hydrogen-bond donors (Lipinski definition) is 0. The van der Waals surface area contributed by atoms with Crippen molar-refractivity contribution in [3.63, 3.8) is 0 Å². The molecule has 1 aromatic rings. The Morgan fingerprint density at radius 2 is 2.23 bits per heavy atom. The fourth-order valence-corrected chi connectivity index (χ4v) is 0.929. The van der Waals surface area contributed by atoms with Crippen LogP contribution in [-0.2, 0) is 0 Å². The number of halogens is 2. The molecule has 0 radical (unpaired) electrons. The third-order valence-electron chi connectivity index (χ3n) is 1.32. The maximum atomic E-state index is 13.0. The summed E-state index contributed by atoms with van der Waals surface area (Å²) in [5.74, 6) is 4.59. The monoisotopic (exact) mass is 193 g/mol. The molecule has 0 saturated carbocycles. The standard InChI is InChI=1S/C10H5ClFN/c11-9-5-4-8(10(12)7-9)3-1-2-6-13/h4-5,7H,2H2. The van der Waals surface area contributed by atoms with E-state index < -0.39 is 5.82 Å². The molecule has 1 aromatic carbocycles. The third kappa shape index (κ3) is 2.78. The molecule has 0 aliphatic heterocycles. The van der Waals surface area contributed by atoms with Crippen LogP contribution in [0.2, 0.25) is 5.02 Å². The summed E-state index contributed by atoms with van der Waals surface area (Å²) in [4.78, 5) is 0. The van der Waals surface area contributed by atoms with Gasteiger partial charge in [0.05, 0.1) is 18.1 Å². The average molecular weight is 194 g/mol. The predicted molar refractivity (Wildman–Crippen MR) is 48.5 cm³/mol. The van der Waals surface area contributed by atoms with Gasteiger partial charge in [-0.05, 0) is 18.2 Å². The van der Waals surface area contributed by atoms with E-state index in [0.29, 0.717) is 5.02 Å². The van der Waals surface area contributed by atoms with Gasteiger partial charge in [0.2, 0.25) is 0 Å². The van der Waals surface area contributed by atoms with Gasteiger partial charge in [-0.25, -0.2) is 4.39 Å². The zero-order valence-corrected chi connectivity index (χ0v) is 7.40. The van der Waals surface area contributed by atoms with Gasteiger partial charge in [-0.1, -0.05) is 23.4 Å². The Bertz CT molecular complexity index is 409. The first-order valence-electron chi connectivity index (χ1n) is 3.55. The van der Waals surface area contributed by atoms with Gasteiger partial charge in [-0.2, -0.15) is 5.26 Å². The second-order valence-electron chi connectivity index (χ2n) is 2.26. The highest BCUT2D eigenvalue weighted by Gasteiger charge is 1.98. The maximum Gasteiger partial charge on any atom is 0.140 e. The van der Waals surface area contributed by atoms with Gasteiger partial charge in [0.15, 0.2) is 0 Å². The molecule has 0 aliphatic rings. The molecule has 0 aromatic heterocycles. The summed E-state index contributed by atoms with van der Waals surface area (Å²) in [6.07, 6.45) is 0.0993. The molecule has 1 nitrogen and oxygen atoms in total. The molecule has 0 spiro atoms. The molecule has 0 fully saturated rings. The van der Waals surface area contributed by atoms with E-state index in [2.05, 4.69) is 11.8 Å². The van der Waals surface area contributed by atoms with Gasteiger partial charge >= 0.3 is 0 Å². The van der Waals surface area contributed by atoms with Crippen LogP contribution < -0.4 is 0 Å². The highest BCUT2D eigenvalue weighted by molar-refractivity contribution is 6.30. The van der Waals surface area contributed by atoms with E-state index in [-0.39, 0.29) is 12.0 Å². The predicted octanol–water partition coefficient (Wildman–Crippen LogP) is 2.74. The summed E-state index contributed by atoms with van der Waals surface area (Å²) >= 11 is 5.54. The molecule has 0 N–H and O–H groups in total. The molecule has 0 heterocycles. The van der Waals surface area contributed by atoms with Crippen LogP contribution in [0.5, 0.6) is 0 Å². The number of benzene rings is 1. The number of nitrogens with zero attached hydrogens (tertiary/aromatic N) is 1. The quantitative estimate of drug-likeness (QED) is 0.582. The van der Waals surface area contributed by atoms with Crippen molar-refractivity contribution in [2.75, 3.05) is 0 Å². The van der Waals surface area contributed by atoms with E-state index in [1.54, 1.807) is 6.07 Å². The van der Waals surface area contributed by atoms with Crippen molar-refractivity contribution in [2.45, 2.75) is 6.42 Å². The van der Waals surface area contributed by atoms with E-state index in [0.717, 1.165) is 0 Å². The number of nitriles is 1. The SMILES string of the molecule is N#CCC#Cc1ccc(Cl)cc1F. The summed E-state index contributed by atoms with van der Waals surface area (Å²) in [5.41, 5.74) is 0.264. The number of rotatable bonds is 0. The van der Waals surface area contributed by atoms with Crippen LogP contribution in [0, 0.1) is 29.0 Å². The molecule has 0 amide bonds. The first-order valence-corrected chi connectivity index (χ1v) is 3.92. The van der Waals surface area contributed by atoms with Crippen molar-refractivity contribution in [3.05, 3.63) is 34.6 Å². The molecular formula is C10H5ClFN. The molecule has 13 heavy (non-hydrogen) atoms. The van der Waals surface area contributed by atoms with Gasteiger partial charge in [0.1, 0.15) is 5.82 Å². The van der Waals surface area contributed by atoms with Crippen molar-refractivity contribution in [2.24, 2.45) is 0 Å². The van der Waals surface area contributed by atoms with Crippen LogP contribution in [0.4, 0.5) is 4.39 Å². The molecule has 0 aliphatic carbocycles. The molecule has 3 heteroatoms. The van der Waals surface area contributed by atoms with Crippen LogP contribution in [-0.4, -0.2) is 0 Å². The Labute approximate surface area is 80.8 Å². The second kappa shape index (κ2) is 4.50. The normalized spacial score (nSPS) is 8.38. The van der Waals surface area contributed by atoms with Crippen molar-refractivity contribution in [1.82, 2.24) is 0 Å². The summed E-state index contributed by atoms with van der Waals surface area (Å²) < 4.78 is 13.0. The minimum Gasteiger partial charge on any atom is -0.206 e. The van der Waals surface area contributed by atoms with Crippen LogP contribution in [0.1, 0.15) is 12.0 Å². The molecule has 0 bridgehead atoms. The lowest BCUT2D eigenvalue weighted by molar-refractivity contribution is 0.624. The van der Waals surface area contributed by atoms with Crippen molar-refractivity contribution >= 4 is 11.6 Å². The van der Waals surface area contributed by atoms with E-state index in [1.165, 1.54) is 12.1 Å². The minimum atomic E-state index is -0.460. The van der Waals surface area contributed by atoms with Gasteiger partial charge < -0.3 is 0 Å². The molecule has 64 valence electrons. The van der Waals surface area contributed by atoms with Crippen molar-refractivity contribution in [3.8, 4) is 17.9 Å². The summed E-state index contributed by atoms with van der Waals surface area (Å²) in [5, 5.41) is 8.53.